The number of rotatable bonds is 3. The van der Waals surface area contributed by atoms with Gasteiger partial charge in [-0.1, -0.05) is 27.5 Å². The highest BCUT2D eigenvalue weighted by Gasteiger charge is 2.34. The smallest absolute Gasteiger partial charge is 0.257 e. The minimum atomic E-state index is -0.713. The van der Waals surface area contributed by atoms with Crippen LogP contribution in [0.4, 0.5) is 10.1 Å². The van der Waals surface area contributed by atoms with Crippen molar-refractivity contribution >= 4 is 50.7 Å². The molecule has 5 rings (SSSR count). The van der Waals surface area contributed by atoms with Gasteiger partial charge in [-0.3, -0.25) is 14.0 Å². The molecule has 2 amide bonds. The fourth-order valence-electron chi connectivity index (χ4n) is 3.63. The van der Waals surface area contributed by atoms with Gasteiger partial charge in [0.2, 0.25) is 0 Å². The number of carbonyl (C=O) groups excluding carboxylic acids is 2. The monoisotopic (exact) mass is 499 g/mol. The summed E-state index contributed by atoms with van der Waals surface area (Å²) in [6.07, 6.45) is 3.10. The Balaban J connectivity index is 1.58. The predicted octanol–water partition coefficient (Wildman–Crippen LogP) is 4.37. The molecule has 1 aliphatic rings. The number of aromatic nitrogens is 3. The Morgan fingerprint density at radius 2 is 2.06 bits per heavy atom. The Kier molecular flexibility index (Phi) is 4.71. The summed E-state index contributed by atoms with van der Waals surface area (Å²) in [5.74, 6) is -1.21. The topological polar surface area (TPSA) is 88.4 Å². The van der Waals surface area contributed by atoms with Gasteiger partial charge in [0.25, 0.3) is 11.8 Å². The van der Waals surface area contributed by atoms with Crippen LogP contribution in [0.25, 0.3) is 5.65 Å². The molecule has 0 saturated heterocycles. The maximum atomic E-state index is 13.9. The number of hydrogen-bond acceptors (Lipinski definition) is 4. The Labute approximate surface area is 188 Å². The Morgan fingerprint density at radius 3 is 2.90 bits per heavy atom. The lowest BCUT2D eigenvalue weighted by Crippen LogP contribution is -2.21. The average Bonchev–Trinajstić information content (AvgIpc) is 3.34. The molecular formula is C21H12BrClFN5O2. The molecular weight excluding hydrogens is 489 g/mol. The van der Waals surface area contributed by atoms with E-state index in [0.717, 1.165) is 0 Å². The summed E-state index contributed by atoms with van der Waals surface area (Å²) in [7, 11) is 0. The molecule has 4 aromatic rings. The number of fused-ring (bicyclic) bond motifs is 2. The summed E-state index contributed by atoms with van der Waals surface area (Å²) < 4.78 is 16.1. The molecule has 7 nitrogen and oxygen atoms in total. The van der Waals surface area contributed by atoms with Gasteiger partial charge in [0.15, 0.2) is 5.65 Å². The lowest BCUT2D eigenvalue weighted by atomic mass is 9.96. The lowest BCUT2D eigenvalue weighted by Gasteiger charge is -2.18. The zero-order valence-electron chi connectivity index (χ0n) is 15.6. The van der Waals surface area contributed by atoms with Crippen LogP contribution in [0.1, 0.15) is 37.9 Å². The van der Waals surface area contributed by atoms with Gasteiger partial charge < -0.3 is 10.6 Å². The molecule has 2 aromatic heterocycles. The molecule has 2 aromatic carbocycles. The number of halogens is 3. The average molecular weight is 501 g/mol. The molecule has 2 N–H and O–H groups in total. The van der Waals surface area contributed by atoms with E-state index in [0.29, 0.717) is 43.1 Å². The molecule has 0 fully saturated rings. The van der Waals surface area contributed by atoms with Crippen molar-refractivity contribution in [1.29, 1.82) is 0 Å². The van der Waals surface area contributed by atoms with Gasteiger partial charge >= 0.3 is 0 Å². The van der Waals surface area contributed by atoms with Gasteiger partial charge in [-0.25, -0.2) is 4.39 Å². The standard InChI is InChI=1S/C21H12BrClFN5O2/c22-11-5-14-18(19(27-21(14)31)13-7-12(24)2-3-15(13)23)16(6-11)26-20(30)10-1-4-17-28-25-9-29(17)8-10/h1-9,19H,(H,26,30)(H,27,31). The molecule has 0 spiro atoms. The van der Waals surface area contributed by atoms with Crippen LogP contribution in [0.3, 0.4) is 0 Å². The predicted molar refractivity (Wildman–Crippen MR) is 116 cm³/mol. The van der Waals surface area contributed by atoms with Crippen LogP contribution in [0.5, 0.6) is 0 Å². The van der Waals surface area contributed by atoms with Crippen LogP contribution >= 0.6 is 27.5 Å². The maximum absolute atomic E-state index is 13.9. The second kappa shape index (κ2) is 7.44. The SMILES string of the molecule is O=C(Nc1cc(Br)cc2c1C(c1cc(F)ccc1Cl)NC2=O)c1ccc2nncn2c1. The number of amides is 2. The molecule has 154 valence electrons. The van der Waals surface area contributed by atoms with E-state index in [-0.39, 0.29) is 11.8 Å². The highest BCUT2D eigenvalue weighted by molar-refractivity contribution is 9.10. The normalized spacial score (nSPS) is 15.1. The summed E-state index contributed by atoms with van der Waals surface area (Å²) in [5, 5.41) is 13.7. The minimum absolute atomic E-state index is 0.304. The molecule has 1 aliphatic heterocycles. The van der Waals surface area contributed by atoms with E-state index in [9.17, 15) is 14.0 Å². The first-order valence-electron chi connectivity index (χ1n) is 9.11. The van der Waals surface area contributed by atoms with Crippen molar-refractivity contribution in [3.63, 3.8) is 0 Å². The van der Waals surface area contributed by atoms with Gasteiger partial charge in [0.1, 0.15) is 12.1 Å². The zero-order valence-corrected chi connectivity index (χ0v) is 17.9. The molecule has 0 aliphatic carbocycles. The summed E-state index contributed by atoms with van der Waals surface area (Å²) in [5.41, 5.74) is 2.66. The summed E-state index contributed by atoms with van der Waals surface area (Å²) in [4.78, 5) is 25.6. The molecule has 31 heavy (non-hydrogen) atoms. The van der Waals surface area contributed by atoms with Crippen molar-refractivity contribution in [1.82, 2.24) is 19.9 Å². The first-order chi connectivity index (χ1) is 14.9. The van der Waals surface area contributed by atoms with Crippen molar-refractivity contribution in [3.8, 4) is 0 Å². The molecule has 0 saturated carbocycles. The number of nitrogens with one attached hydrogen (secondary N) is 2. The number of nitrogens with zero attached hydrogens (tertiary/aromatic N) is 3. The first kappa shape index (κ1) is 19.7. The van der Waals surface area contributed by atoms with Crippen LogP contribution in [0.2, 0.25) is 5.02 Å². The zero-order chi connectivity index (χ0) is 21.7. The quantitative estimate of drug-likeness (QED) is 0.437. The molecule has 1 atom stereocenters. The second-order valence-electron chi connectivity index (χ2n) is 6.96. The van der Waals surface area contributed by atoms with E-state index < -0.39 is 11.9 Å². The lowest BCUT2D eigenvalue weighted by molar-refractivity contribution is 0.0959. The minimum Gasteiger partial charge on any atom is -0.341 e. The number of hydrogen-bond donors (Lipinski definition) is 2. The first-order valence-corrected chi connectivity index (χ1v) is 10.3. The molecule has 0 radical (unpaired) electrons. The van der Waals surface area contributed by atoms with E-state index in [2.05, 4.69) is 36.8 Å². The van der Waals surface area contributed by atoms with Gasteiger partial charge in [0, 0.05) is 38.1 Å². The highest BCUT2D eigenvalue weighted by atomic mass is 79.9. The van der Waals surface area contributed by atoms with E-state index >= 15 is 0 Å². The van der Waals surface area contributed by atoms with Crippen molar-refractivity contribution in [3.05, 3.63) is 92.6 Å². The van der Waals surface area contributed by atoms with E-state index in [1.165, 1.54) is 24.5 Å². The van der Waals surface area contributed by atoms with Crippen LogP contribution in [-0.4, -0.2) is 26.4 Å². The van der Waals surface area contributed by atoms with Crippen molar-refractivity contribution in [2.24, 2.45) is 0 Å². The van der Waals surface area contributed by atoms with Gasteiger partial charge in [-0.15, -0.1) is 10.2 Å². The van der Waals surface area contributed by atoms with Crippen LogP contribution in [0, 0.1) is 5.82 Å². The van der Waals surface area contributed by atoms with Crippen molar-refractivity contribution < 1.29 is 14.0 Å². The third kappa shape index (κ3) is 3.45. The fraction of sp³-hybridized carbons (Fsp3) is 0.0476. The summed E-state index contributed by atoms with van der Waals surface area (Å²) >= 11 is 9.67. The van der Waals surface area contributed by atoms with Gasteiger partial charge in [-0.2, -0.15) is 0 Å². The van der Waals surface area contributed by atoms with E-state index in [4.69, 9.17) is 11.6 Å². The summed E-state index contributed by atoms with van der Waals surface area (Å²) in [6, 6.07) is 9.88. The summed E-state index contributed by atoms with van der Waals surface area (Å²) in [6.45, 7) is 0. The number of pyridine rings is 1. The molecule has 0 bridgehead atoms. The number of benzene rings is 2. The third-order valence-electron chi connectivity index (χ3n) is 5.02. The second-order valence-corrected chi connectivity index (χ2v) is 8.28. The van der Waals surface area contributed by atoms with E-state index in [1.807, 2.05) is 0 Å². The Bertz CT molecular complexity index is 1390. The third-order valence-corrected chi connectivity index (χ3v) is 5.83. The fourth-order valence-corrected chi connectivity index (χ4v) is 4.31. The molecule has 1 unspecified atom stereocenters. The van der Waals surface area contributed by atoms with Crippen LogP contribution in [0.15, 0.2) is 59.5 Å². The molecule has 3 heterocycles. The Morgan fingerprint density at radius 1 is 1.23 bits per heavy atom. The largest absolute Gasteiger partial charge is 0.341 e. The van der Waals surface area contributed by atoms with Crippen LogP contribution < -0.4 is 10.6 Å². The van der Waals surface area contributed by atoms with Gasteiger partial charge in [-0.05, 0) is 42.5 Å². The van der Waals surface area contributed by atoms with E-state index in [1.54, 1.807) is 34.9 Å². The van der Waals surface area contributed by atoms with Crippen molar-refractivity contribution in [2.75, 3.05) is 5.32 Å². The van der Waals surface area contributed by atoms with Crippen LogP contribution in [-0.2, 0) is 0 Å². The maximum Gasteiger partial charge on any atom is 0.257 e. The molecule has 10 heteroatoms. The van der Waals surface area contributed by atoms with Gasteiger partial charge in [0.05, 0.1) is 11.6 Å². The number of anilines is 1. The number of carbonyl (C=O) groups is 2. The highest BCUT2D eigenvalue weighted by Crippen LogP contribution is 2.41. The van der Waals surface area contributed by atoms with Crippen molar-refractivity contribution in [2.45, 2.75) is 6.04 Å². The Hall–Kier alpha value is -3.30.